The Morgan fingerprint density at radius 3 is 1.70 bits per heavy atom. The van der Waals surface area contributed by atoms with Gasteiger partial charge in [-0.05, 0) is 129 Å². The van der Waals surface area contributed by atoms with E-state index in [9.17, 15) is 19.8 Å². The topological polar surface area (TPSA) is 147 Å². The molecule has 2 saturated carbocycles. The van der Waals surface area contributed by atoms with E-state index in [1.165, 1.54) is 88.2 Å². The van der Waals surface area contributed by atoms with Crippen LogP contribution in [0.3, 0.4) is 0 Å². The number of aliphatic hydroxyl groups excluding tert-OH is 2. The quantitative estimate of drug-likeness (QED) is 0.130. The molecular formula is C56H71ClN6O6. The Hall–Kier alpha value is -4.56. The number of ether oxygens (including phenoxy) is 2. The van der Waals surface area contributed by atoms with Gasteiger partial charge in [0.25, 0.3) is 0 Å². The Bertz CT molecular complexity index is 2540. The lowest BCUT2D eigenvalue weighted by Gasteiger charge is -2.50. The molecule has 2 aliphatic carbocycles. The van der Waals surface area contributed by atoms with E-state index in [4.69, 9.17) is 9.47 Å². The Morgan fingerprint density at radius 2 is 1.20 bits per heavy atom. The van der Waals surface area contributed by atoms with Crippen molar-refractivity contribution in [2.24, 2.45) is 40.5 Å². The van der Waals surface area contributed by atoms with Crippen molar-refractivity contribution >= 4 is 51.9 Å². The fourth-order valence-electron chi connectivity index (χ4n) is 14.4. The summed E-state index contributed by atoms with van der Waals surface area (Å²) in [6, 6.07) is 27.0. The molecule has 0 amide bonds. The maximum atomic E-state index is 12.4. The summed E-state index contributed by atoms with van der Waals surface area (Å²) in [5, 5.41) is 23.6. The number of hydrogen-bond donors (Lipinski definition) is 4. The lowest BCUT2D eigenvalue weighted by atomic mass is 9.65. The van der Waals surface area contributed by atoms with Crippen LogP contribution in [0.5, 0.6) is 0 Å². The van der Waals surface area contributed by atoms with Crippen LogP contribution in [0.15, 0.2) is 77.8 Å². The number of aromatic nitrogens is 2. The van der Waals surface area contributed by atoms with Crippen LogP contribution in [0, 0.1) is 35.5 Å². The number of H-pyrrole nitrogens is 2. The first-order valence-corrected chi connectivity index (χ1v) is 25.7. The maximum Gasteiger partial charge on any atom is 0.311 e. The first-order chi connectivity index (χ1) is 33.2. The normalized spacial score (nSPS) is 31.3. The van der Waals surface area contributed by atoms with Gasteiger partial charge in [0.2, 0.25) is 0 Å². The summed E-state index contributed by atoms with van der Waals surface area (Å²) in [7, 11) is 2.87. The van der Waals surface area contributed by atoms with Crippen molar-refractivity contribution in [3.05, 3.63) is 106 Å². The third-order valence-electron chi connectivity index (χ3n) is 17.8. The largest absolute Gasteiger partial charge is 0.469 e. The number of nitrogens with one attached hydrogen (secondary N) is 2. The van der Waals surface area contributed by atoms with Gasteiger partial charge in [0.05, 0.1) is 50.3 Å². The molecule has 0 spiro atoms. The van der Waals surface area contributed by atoms with Crippen molar-refractivity contribution in [2.45, 2.75) is 108 Å². The van der Waals surface area contributed by atoms with Gasteiger partial charge < -0.3 is 29.7 Å². The molecule has 368 valence electrons. The van der Waals surface area contributed by atoms with Crippen molar-refractivity contribution in [1.82, 2.24) is 24.7 Å². The molecule has 4 fully saturated rings. The molecule has 2 aromatic heterocycles. The van der Waals surface area contributed by atoms with Gasteiger partial charge in [0, 0.05) is 90.8 Å². The highest BCUT2D eigenvalue weighted by Gasteiger charge is 2.51. The van der Waals surface area contributed by atoms with Crippen LogP contribution in [0.2, 0.25) is 0 Å². The fourth-order valence-corrected chi connectivity index (χ4v) is 14.4. The third kappa shape index (κ3) is 8.96. The molecule has 4 N–H and O–H groups in total. The summed E-state index contributed by atoms with van der Waals surface area (Å²) in [6.45, 7) is 9.70. The van der Waals surface area contributed by atoms with Crippen molar-refractivity contribution in [3.8, 4) is 0 Å². The molecule has 0 bridgehead atoms. The van der Waals surface area contributed by atoms with E-state index in [0.29, 0.717) is 42.8 Å². The monoisotopic (exact) mass is 959 g/mol. The third-order valence-corrected chi connectivity index (χ3v) is 17.8. The van der Waals surface area contributed by atoms with Gasteiger partial charge in [-0.2, -0.15) is 0 Å². The zero-order valence-corrected chi connectivity index (χ0v) is 41.3. The van der Waals surface area contributed by atoms with Gasteiger partial charge in [-0.3, -0.25) is 29.3 Å². The van der Waals surface area contributed by atoms with Crippen molar-refractivity contribution in [1.29, 1.82) is 0 Å². The van der Waals surface area contributed by atoms with Crippen LogP contribution in [0.4, 0.5) is 0 Å². The predicted molar refractivity (Wildman–Crippen MR) is 271 cm³/mol. The Kier molecular flexibility index (Phi) is 14.1. The Balaban J connectivity index is 0.000000123. The molecule has 8 heterocycles. The van der Waals surface area contributed by atoms with Crippen LogP contribution < -0.4 is 0 Å². The number of para-hydroxylation sites is 2. The molecule has 12 nitrogen and oxygen atoms in total. The number of aliphatic hydroxyl groups is 2. The molecule has 6 aliphatic heterocycles. The summed E-state index contributed by atoms with van der Waals surface area (Å²) in [4.78, 5) is 44.4. The molecule has 11 atom stereocenters. The maximum absolute atomic E-state index is 12.4. The number of piperidine rings is 2. The molecule has 8 aliphatic rings. The number of halogens is 1. The highest BCUT2D eigenvalue weighted by atomic mass is 35.5. The summed E-state index contributed by atoms with van der Waals surface area (Å²) in [5.74, 6) is 0.108. The van der Waals surface area contributed by atoms with Crippen LogP contribution in [0.1, 0.15) is 110 Å². The molecule has 3 aromatic carbocycles. The number of nitrogens with zero attached hydrogens (tertiary/aromatic N) is 4. The average molecular weight is 960 g/mol. The van der Waals surface area contributed by atoms with Gasteiger partial charge in [0.15, 0.2) is 0 Å². The number of esters is 2. The van der Waals surface area contributed by atoms with Crippen LogP contribution in [0.25, 0.3) is 21.8 Å². The zero-order chi connectivity index (χ0) is 46.6. The summed E-state index contributed by atoms with van der Waals surface area (Å²) in [5.41, 5.74) is 12.3. The minimum Gasteiger partial charge on any atom is -0.469 e. The number of carbonyl (C=O) groups excluding carboxylic acids is 2. The van der Waals surface area contributed by atoms with Gasteiger partial charge in [-0.15, -0.1) is 12.4 Å². The number of benzene rings is 3. The number of aromatic amines is 2. The SMILES string of the molecule is CC1c2ccccc2CN1CC1=NCCC1.COC(=O)[C@H]1[C@H]2C[C@H]3c4[nH]c5ccccc5c4CCN3C[C@H]2CC[C@@H]1O.COC(=O)[C@H]1[C@H]2C[C@H]3c4[nH]c5ccccc5c4CCN3C[C@H]2CC[C@@H]1O.Cl. The number of fused-ring (bicyclic) bond motifs is 13. The Labute approximate surface area is 412 Å². The molecule has 0 radical (unpaired) electrons. The van der Waals surface area contributed by atoms with E-state index >= 15 is 0 Å². The van der Waals surface area contributed by atoms with Gasteiger partial charge in [-0.1, -0.05) is 60.7 Å². The van der Waals surface area contributed by atoms with E-state index in [-0.39, 0.29) is 48.0 Å². The van der Waals surface area contributed by atoms with Crippen LogP contribution in [-0.2, 0) is 38.4 Å². The molecule has 5 aromatic rings. The summed E-state index contributed by atoms with van der Waals surface area (Å²) in [6.07, 6.45) is 8.74. The second kappa shape index (κ2) is 20.3. The summed E-state index contributed by atoms with van der Waals surface area (Å²) >= 11 is 0. The predicted octanol–water partition coefficient (Wildman–Crippen LogP) is 8.51. The minimum absolute atomic E-state index is 0. The fraction of sp³-hybridized carbons (Fsp3) is 0.554. The lowest BCUT2D eigenvalue weighted by molar-refractivity contribution is -0.161. The first kappa shape index (κ1) is 48.1. The van der Waals surface area contributed by atoms with Gasteiger partial charge >= 0.3 is 11.9 Å². The van der Waals surface area contributed by atoms with Gasteiger partial charge in [0.1, 0.15) is 0 Å². The molecule has 69 heavy (non-hydrogen) atoms. The second-order valence-corrected chi connectivity index (χ2v) is 21.2. The van der Waals surface area contributed by atoms with Crippen LogP contribution in [-0.4, -0.2) is 118 Å². The smallest absolute Gasteiger partial charge is 0.311 e. The molecular weight excluding hydrogens is 888 g/mol. The highest BCUT2D eigenvalue weighted by Crippen LogP contribution is 2.51. The van der Waals surface area contributed by atoms with E-state index in [1.807, 2.05) is 0 Å². The Morgan fingerprint density at radius 1 is 0.696 bits per heavy atom. The summed E-state index contributed by atoms with van der Waals surface area (Å²) < 4.78 is 10.1. The van der Waals surface area contributed by atoms with Crippen molar-refractivity contribution in [3.63, 3.8) is 0 Å². The molecule has 1 unspecified atom stereocenters. The first-order valence-electron chi connectivity index (χ1n) is 25.7. The van der Waals surface area contributed by atoms with E-state index in [1.54, 1.807) is 0 Å². The zero-order valence-electron chi connectivity index (χ0n) is 40.5. The average Bonchev–Trinajstić information content (AvgIpc) is 4.18. The number of carbonyl (C=O) groups is 2. The molecule has 13 heteroatoms. The lowest BCUT2D eigenvalue weighted by Crippen LogP contribution is -2.53. The highest BCUT2D eigenvalue weighted by molar-refractivity contribution is 5.88. The standard InChI is InChI=1S/2C21H26N2O3.C14H18N2.ClH/c2*1-26-21(25)19-15-10-17-20-14(13-4-2-3-5-16(13)22-20)8-9-23(17)11-12(15)6-7-18(19)24;1-11-14-7-3-2-5-12(14)9-16(11)10-13-6-4-8-15-13;/h2*2-5,12,15,17-19,22,24H,6-11H2,1H3;2-3,5,7,11H,4,6,8-10H2,1H3;1H/t2*12-,15+,17+,18+,19+;;/m11../s1. The van der Waals surface area contributed by atoms with E-state index < -0.39 is 12.2 Å². The molecule has 2 saturated heterocycles. The van der Waals surface area contributed by atoms with E-state index in [0.717, 1.165) is 84.3 Å². The van der Waals surface area contributed by atoms with Crippen LogP contribution >= 0.6 is 12.4 Å². The molecule has 13 rings (SSSR count). The van der Waals surface area contributed by atoms with Gasteiger partial charge in [-0.25, -0.2) is 0 Å². The number of aliphatic imine (C=N–C) groups is 1. The van der Waals surface area contributed by atoms with E-state index in [2.05, 4.69) is 109 Å². The second-order valence-electron chi connectivity index (χ2n) is 21.2. The minimum atomic E-state index is -0.568. The number of methoxy groups -OCH3 is 2. The number of hydrogen-bond acceptors (Lipinski definition) is 10. The van der Waals surface area contributed by atoms with Crippen molar-refractivity contribution in [2.75, 3.05) is 53.5 Å². The van der Waals surface area contributed by atoms with Crippen molar-refractivity contribution < 1.29 is 29.3 Å². The number of rotatable bonds is 4.